The van der Waals surface area contributed by atoms with E-state index in [9.17, 15) is 4.79 Å². The average molecular weight is 298 g/mol. The number of carbonyl (C=O) groups is 1. The summed E-state index contributed by atoms with van der Waals surface area (Å²) >= 11 is 1.60. The molecule has 1 aromatic carbocycles. The highest BCUT2D eigenvalue weighted by atomic mass is 32.1. The predicted molar refractivity (Wildman–Crippen MR) is 87.0 cm³/mol. The minimum absolute atomic E-state index is 0.0272. The van der Waals surface area contributed by atoms with Crippen LogP contribution in [0.3, 0.4) is 0 Å². The second-order valence-electron chi connectivity index (χ2n) is 4.73. The summed E-state index contributed by atoms with van der Waals surface area (Å²) in [6.07, 6.45) is 0.417. The zero-order valence-corrected chi connectivity index (χ0v) is 12.7. The molecule has 21 heavy (non-hydrogen) atoms. The molecule has 1 unspecified atom stereocenters. The third-order valence-corrected chi connectivity index (χ3v) is 3.78. The SMILES string of the molecule is CC(NC(=O)Cc1ccsc1)c1cccc(C#CCN)c1. The molecule has 1 aromatic heterocycles. The first kappa shape index (κ1) is 15.3. The molecule has 0 radical (unpaired) electrons. The van der Waals surface area contributed by atoms with Crippen LogP contribution in [-0.4, -0.2) is 12.5 Å². The zero-order chi connectivity index (χ0) is 15.1. The largest absolute Gasteiger partial charge is 0.349 e. The molecule has 3 nitrogen and oxygen atoms in total. The fourth-order valence-corrected chi connectivity index (χ4v) is 2.66. The first-order valence-corrected chi connectivity index (χ1v) is 7.72. The van der Waals surface area contributed by atoms with Crippen LogP contribution in [0.25, 0.3) is 0 Å². The summed E-state index contributed by atoms with van der Waals surface area (Å²) in [5.74, 6) is 5.86. The van der Waals surface area contributed by atoms with Crippen molar-refractivity contribution in [2.24, 2.45) is 5.73 Å². The predicted octanol–water partition coefficient (Wildman–Crippen LogP) is 2.48. The van der Waals surface area contributed by atoms with Crippen LogP contribution in [0.4, 0.5) is 0 Å². The Morgan fingerprint density at radius 1 is 1.43 bits per heavy atom. The maximum Gasteiger partial charge on any atom is 0.224 e. The van der Waals surface area contributed by atoms with Crippen LogP contribution in [-0.2, 0) is 11.2 Å². The van der Waals surface area contributed by atoms with Gasteiger partial charge in [0.25, 0.3) is 0 Å². The van der Waals surface area contributed by atoms with Crippen molar-refractivity contribution < 1.29 is 4.79 Å². The van der Waals surface area contributed by atoms with Crippen molar-refractivity contribution in [1.82, 2.24) is 5.32 Å². The summed E-state index contributed by atoms with van der Waals surface area (Å²) in [6, 6.07) is 9.78. The van der Waals surface area contributed by atoms with E-state index in [1.165, 1.54) is 0 Å². The number of hydrogen-bond donors (Lipinski definition) is 2. The molecule has 4 heteroatoms. The van der Waals surface area contributed by atoms with Gasteiger partial charge in [0, 0.05) is 5.56 Å². The molecular formula is C17H18N2OS. The molecule has 1 heterocycles. The Morgan fingerprint density at radius 2 is 2.29 bits per heavy atom. The van der Waals surface area contributed by atoms with Crippen molar-refractivity contribution in [3.05, 3.63) is 57.8 Å². The van der Waals surface area contributed by atoms with Crippen LogP contribution in [0.15, 0.2) is 41.1 Å². The van der Waals surface area contributed by atoms with Gasteiger partial charge < -0.3 is 11.1 Å². The summed E-state index contributed by atoms with van der Waals surface area (Å²) in [6.45, 7) is 2.32. The van der Waals surface area contributed by atoms with E-state index >= 15 is 0 Å². The minimum Gasteiger partial charge on any atom is -0.349 e. The molecule has 3 N–H and O–H groups in total. The molecule has 2 aromatic rings. The van der Waals surface area contributed by atoms with Gasteiger partial charge in [0.15, 0.2) is 0 Å². The Labute approximate surface area is 129 Å². The van der Waals surface area contributed by atoms with Gasteiger partial charge in [-0.05, 0) is 47.0 Å². The highest BCUT2D eigenvalue weighted by molar-refractivity contribution is 7.07. The van der Waals surface area contributed by atoms with E-state index in [0.29, 0.717) is 13.0 Å². The van der Waals surface area contributed by atoms with E-state index in [1.807, 2.05) is 48.0 Å². The first-order valence-electron chi connectivity index (χ1n) is 6.78. The third-order valence-electron chi connectivity index (χ3n) is 3.04. The van der Waals surface area contributed by atoms with Gasteiger partial charge >= 0.3 is 0 Å². The Hall–Kier alpha value is -2.09. The van der Waals surface area contributed by atoms with Gasteiger partial charge in [-0.1, -0.05) is 24.0 Å². The lowest BCUT2D eigenvalue weighted by atomic mass is 10.0. The van der Waals surface area contributed by atoms with E-state index in [0.717, 1.165) is 16.7 Å². The topological polar surface area (TPSA) is 55.1 Å². The van der Waals surface area contributed by atoms with E-state index in [4.69, 9.17) is 5.73 Å². The minimum atomic E-state index is -0.0456. The number of thiophene rings is 1. The molecule has 1 atom stereocenters. The number of benzene rings is 1. The Morgan fingerprint density at radius 3 is 3.00 bits per heavy atom. The molecule has 0 fully saturated rings. The molecule has 2 rings (SSSR count). The number of nitrogens with two attached hydrogens (primary N) is 1. The Bertz CT molecular complexity index is 653. The van der Waals surface area contributed by atoms with Crippen LogP contribution in [0.2, 0.25) is 0 Å². The molecule has 0 aliphatic heterocycles. The molecule has 0 aliphatic carbocycles. The zero-order valence-electron chi connectivity index (χ0n) is 11.9. The van der Waals surface area contributed by atoms with Crippen LogP contribution in [0.5, 0.6) is 0 Å². The number of rotatable bonds is 4. The fraction of sp³-hybridized carbons (Fsp3) is 0.235. The fourth-order valence-electron chi connectivity index (χ4n) is 1.99. The van der Waals surface area contributed by atoms with Gasteiger partial charge in [0.1, 0.15) is 0 Å². The lowest BCUT2D eigenvalue weighted by Gasteiger charge is -2.14. The summed E-state index contributed by atoms with van der Waals surface area (Å²) in [5.41, 5.74) is 8.38. The Kier molecular flexibility index (Phi) is 5.56. The lowest BCUT2D eigenvalue weighted by Crippen LogP contribution is -2.28. The maximum atomic E-state index is 12.0. The molecule has 0 aliphatic rings. The van der Waals surface area contributed by atoms with E-state index < -0.39 is 0 Å². The van der Waals surface area contributed by atoms with Crippen molar-refractivity contribution in [3.8, 4) is 11.8 Å². The maximum absolute atomic E-state index is 12.0. The normalized spacial score (nSPS) is 11.3. The van der Waals surface area contributed by atoms with Crippen molar-refractivity contribution in [3.63, 3.8) is 0 Å². The van der Waals surface area contributed by atoms with Crippen molar-refractivity contribution in [2.45, 2.75) is 19.4 Å². The molecule has 108 valence electrons. The average Bonchev–Trinajstić information content (AvgIpc) is 2.98. The number of hydrogen-bond acceptors (Lipinski definition) is 3. The summed E-state index contributed by atoms with van der Waals surface area (Å²) in [4.78, 5) is 12.0. The van der Waals surface area contributed by atoms with Crippen molar-refractivity contribution in [2.75, 3.05) is 6.54 Å². The van der Waals surface area contributed by atoms with Gasteiger partial charge in [-0.15, -0.1) is 0 Å². The summed E-state index contributed by atoms with van der Waals surface area (Å²) in [5, 5.41) is 6.98. The molecule has 0 bridgehead atoms. The van der Waals surface area contributed by atoms with Crippen molar-refractivity contribution in [1.29, 1.82) is 0 Å². The van der Waals surface area contributed by atoms with Crippen LogP contribution in [0, 0.1) is 11.8 Å². The van der Waals surface area contributed by atoms with Crippen LogP contribution < -0.4 is 11.1 Å². The van der Waals surface area contributed by atoms with Crippen LogP contribution in [0.1, 0.15) is 29.7 Å². The van der Waals surface area contributed by atoms with E-state index in [2.05, 4.69) is 17.2 Å². The van der Waals surface area contributed by atoms with Gasteiger partial charge in [-0.2, -0.15) is 11.3 Å². The second kappa shape index (κ2) is 7.63. The second-order valence-corrected chi connectivity index (χ2v) is 5.51. The van der Waals surface area contributed by atoms with Gasteiger partial charge in [0.05, 0.1) is 19.0 Å². The molecule has 0 spiro atoms. The number of amides is 1. The molecule has 0 saturated heterocycles. The quantitative estimate of drug-likeness (QED) is 0.852. The molecule has 1 amide bonds. The standard InChI is InChI=1S/C17H18N2OS/c1-13(19-17(20)11-15-7-9-21-12-15)16-6-2-4-14(10-16)5-3-8-18/h2,4,6-7,9-10,12-13H,8,11,18H2,1H3,(H,19,20). The number of nitrogens with one attached hydrogen (secondary N) is 1. The highest BCUT2D eigenvalue weighted by Crippen LogP contribution is 2.14. The first-order chi connectivity index (χ1) is 10.2. The van der Waals surface area contributed by atoms with Crippen LogP contribution >= 0.6 is 11.3 Å². The summed E-state index contributed by atoms with van der Waals surface area (Å²) in [7, 11) is 0. The summed E-state index contributed by atoms with van der Waals surface area (Å²) < 4.78 is 0. The van der Waals surface area contributed by atoms with Gasteiger partial charge in [-0.25, -0.2) is 0 Å². The van der Waals surface area contributed by atoms with E-state index in [1.54, 1.807) is 11.3 Å². The van der Waals surface area contributed by atoms with E-state index in [-0.39, 0.29) is 11.9 Å². The highest BCUT2D eigenvalue weighted by Gasteiger charge is 2.10. The smallest absolute Gasteiger partial charge is 0.224 e. The van der Waals surface area contributed by atoms with Crippen molar-refractivity contribution >= 4 is 17.2 Å². The number of carbonyl (C=O) groups excluding carboxylic acids is 1. The monoisotopic (exact) mass is 298 g/mol. The lowest BCUT2D eigenvalue weighted by molar-refractivity contribution is -0.121. The van der Waals surface area contributed by atoms with Gasteiger partial charge in [0.2, 0.25) is 5.91 Å². The Balaban J connectivity index is 1.99. The van der Waals surface area contributed by atoms with Gasteiger partial charge in [-0.3, -0.25) is 4.79 Å². The molecule has 0 saturated carbocycles. The molecular weight excluding hydrogens is 280 g/mol. The third kappa shape index (κ3) is 4.75.